The van der Waals surface area contributed by atoms with Crippen LogP contribution >= 0.6 is 0 Å². The maximum Gasteiger partial charge on any atom is 0.127 e. The van der Waals surface area contributed by atoms with Gasteiger partial charge in [-0.15, -0.1) is 0 Å². The van der Waals surface area contributed by atoms with Crippen LogP contribution in [0.5, 0.6) is 0 Å². The number of aldehydes is 1. The first-order valence-corrected chi connectivity index (χ1v) is 5.16. The van der Waals surface area contributed by atoms with Gasteiger partial charge < -0.3 is 16.3 Å². The Hall–Kier alpha value is -1.35. The van der Waals surface area contributed by atoms with E-state index in [1.54, 1.807) is 0 Å². The maximum absolute atomic E-state index is 10.7. The fraction of sp³-hybridized carbons (Fsp3) is 0.417. The van der Waals surface area contributed by atoms with Gasteiger partial charge in [-0.1, -0.05) is 25.5 Å². The minimum absolute atomic E-state index is 0.0330. The van der Waals surface area contributed by atoms with E-state index >= 15 is 0 Å². The lowest BCUT2D eigenvalue weighted by atomic mass is 9.96. The van der Waals surface area contributed by atoms with Gasteiger partial charge in [0.05, 0.1) is 0 Å². The Bertz CT molecular complexity index is 269. The zero-order valence-electron chi connectivity index (χ0n) is 9.44. The van der Waals surface area contributed by atoms with Crippen molar-refractivity contribution in [3.05, 3.63) is 29.8 Å². The monoisotopic (exact) mass is 208 g/mol. The highest BCUT2D eigenvalue weighted by atomic mass is 16.1. The Morgan fingerprint density at radius 3 is 2.20 bits per heavy atom. The second-order valence-electron chi connectivity index (χ2n) is 3.20. The van der Waals surface area contributed by atoms with Crippen molar-refractivity contribution in [2.24, 2.45) is 5.73 Å². The van der Waals surface area contributed by atoms with Crippen LogP contribution in [0.4, 0.5) is 5.69 Å². The molecular formula is C12H20N2O. The average Bonchev–Trinajstić information content (AvgIpc) is 2.30. The molecule has 1 atom stereocenters. The molecule has 0 saturated heterocycles. The molecule has 0 bridgehead atoms. The van der Waals surface area contributed by atoms with Crippen LogP contribution in [0.25, 0.3) is 0 Å². The smallest absolute Gasteiger partial charge is 0.127 e. The number of nitrogen functional groups attached to an aromatic ring is 1. The summed E-state index contributed by atoms with van der Waals surface area (Å²) >= 11 is 0. The minimum atomic E-state index is 0.0330. The molecule has 1 rings (SSSR count). The van der Waals surface area contributed by atoms with Crippen LogP contribution in [0, 0.1) is 0 Å². The number of carbonyl (C=O) groups excluding carboxylic acids is 1. The molecule has 3 nitrogen and oxygen atoms in total. The molecule has 15 heavy (non-hydrogen) atoms. The third-order valence-corrected chi connectivity index (χ3v) is 2.13. The molecule has 0 heterocycles. The number of benzene rings is 1. The molecule has 0 aliphatic carbocycles. The van der Waals surface area contributed by atoms with E-state index < -0.39 is 0 Å². The second-order valence-corrected chi connectivity index (χ2v) is 3.20. The molecule has 0 aromatic heterocycles. The fourth-order valence-electron chi connectivity index (χ4n) is 1.37. The molecule has 0 aliphatic rings. The Morgan fingerprint density at radius 2 is 1.80 bits per heavy atom. The molecule has 0 aliphatic heterocycles. The molecule has 1 aromatic carbocycles. The van der Waals surface area contributed by atoms with Crippen LogP contribution in [-0.4, -0.2) is 13.3 Å². The number of hydrogen-bond acceptors (Lipinski definition) is 3. The van der Waals surface area contributed by atoms with Crippen LogP contribution in [0.3, 0.4) is 0 Å². The van der Waals surface area contributed by atoms with Crippen LogP contribution in [0.2, 0.25) is 0 Å². The van der Waals surface area contributed by atoms with Crippen LogP contribution < -0.4 is 11.5 Å². The molecular weight excluding hydrogens is 188 g/mol. The van der Waals surface area contributed by atoms with Gasteiger partial charge >= 0.3 is 0 Å². The average molecular weight is 208 g/mol. The summed E-state index contributed by atoms with van der Waals surface area (Å²) in [6, 6.07) is 7.51. The molecule has 0 fully saturated rings. The predicted molar refractivity (Wildman–Crippen MR) is 64.7 cm³/mol. The molecule has 0 spiro atoms. The number of rotatable bonds is 4. The lowest BCUT2D eigenvalue weighted by molar-refractivity contribution is -0.109. The van der Waals surface area contributed by atoms with E-state index in [4.69, 9.17) is 5.73 Å². The van der Waals surface area contributed by atoms with E-state index in [1.807, 2.05) is 24.3 Å². The summed E-state index contributed by atoms with van der Waals surface area (Å²) in [7, 11) is 1.50. The molecule has 84 valence electrons. The van der Waals surface area contributed by atoms with E-state index in [2.05, 4.69) is 12.7 Å². The zero-order chi connectivity index (χ0) is 11.7. The first-order chi connectivity index (χ1) is 7.27. The number of nitrogens with two attached hydrogens (primary N) is 2. The highest BCUT2D eigenvalue weighted by Gasteiger charge is 2.07. The van der Waals surface area contributed by atoms with Crippen molar-refractivity contribution in [1.82, 2.24) is 0 Å². The van der Waals surface area contributed by atoms with Crippen molar-refractivity contribution in [1.29, 1.82) is 0 Å². The predicted octanol–water partition coefficient (Wildman–Crippen LogP) is 1.93. The summed E-state index contributed by atoms with van der Waals surface area (Å²) in [5.74, 6) is 0.0330. The largest absolute Gasteiger partial charge is 0.399 e. The third-order valence-electron chi connectivity index (χ3n) is 2.13. The van der Waals surface area contributed by atoms with Crippen molar-refractivity contribution in [2.75, 3.05) is 12.8 Å². The van der Waals surface area contributed by atoms with Gasteiger partial charge in [-0.05, 0) is 31.2 Å². The lowest BCUT2D eigenvalue weighted by Crippen LogP contribution is -1.99. The minimum Gasteiger partial charge on any atom is -0.399 e. The van der Waals surface area contributed by atoms with Crippen molar-refractivity contribution in [2.45, 2.75) is 25.7 Å². The Morgan fingerprint density at radius 1 is 1.27 bits per heavy atom. The van der Waals surface area contributed by atoms with E-state index in [-0.39, 0.29) is 5.92 Å². The molecule has 1 aromatic rings. The SMILES string of the molecule is CCCC(C=O)c1ccc(N)cc1.CN. The van der Waals surface area contributed by atoms with E-state index in [0.717, 1.165) is 30.4 Å². The molecule has 0 saturated carbocycles. The fourth-order valence-corrected chi connectivity index (χ4v) is 1.37. The van der Waals surface area contributed by atoms with Gasteiger partial charge in [0.15, 0.2) is 0 Å². The van der Waals surface area contributed by atoms with Gasteiger partial charge in [-0.25, -0.2) is 0 Å². The summed E-state index contributed by atoms with van der Waals surface area (Å²) < 4.78 is 0. The molecule has 0 amide bonds. The number of carbonyl (C=O) groups is 1. The van der Waals surface area contributed by atoms with Crippen molar-refractivity contribution < 1.29 is 4.79 Å². The first-order valence-electron chi connectivity index (χ1n) is 5.16. The summed E-state index contributed by atoms with van der Waals surface area (Å²) in [5, 5.41) is 0. The highest BCUT2D eigenvalue weighted by molar-refractivity contribution is 5.62. The summed E-state index contributed by atoms with van der Waals surface area (Å²) in [5.41, 5.74) is 11.9. The molecule has 4 N–H and O–H groups in total. The van der Waals surface area contributed by atoms with Crippen LogP contribution in [-0.2, 0) is 4.79 Å². The van der Waals surface area contributed by atoms with Gasteiger partial charge in [-0.2, -0.15) is 0 Å². The van der Waals surface area contributed by atoms with Crippen LogP contribution in [0.1, 0.15) is 31.2 Å². The summed E-state index contributed by atoms with van der Waals surface area (Å²) in [6.45, 7) is 2.08. The quantitative estimate of drug-likeness (QED) is 0.586. The van der Waals surface area contributed by atoms with Crippen LogP contribution in [0.15, 0.2) is 24.3 Å². The molecule has 1 unspecified atom stereocenters. The summed E-state index contributed by atoms with van der Waals surface area (Å²) in [4.78, 5) is 10.7. The number of anilines is 1. The van der Waals surface area contributed by atoms with Gasteiger partial charge in [0.25, 0.3) is 0 Å². The Kier molecular flexibility index (Phi) is 7.28. The van der Waals surface area contributed by atoms with Gasteiger partial charge in [0.2, 0.25) is 0 Å². The Labute approximate surface area is 91.5 Å². The van der Waals surface area contributed by atoms with Gasteiger partial charge in [0, 0.05) is 11.6 Å². The topological polar surface area (TPSA) is 69.1 Å². The van der Waals surface area contributed by atoms with Gasteiger partial charge in [-0.3, -0.25) is 0 Å². The van der Waals surface area contributed by atoms with Crippen molar-refractivity contribution in [3.8, 4) is 0 Å². The lowest BCUT2D eigenvalue weighted by Gasteiger charge is -2.08. The first kappa shape index (κ1) is 13.7. The molecule has 3 heteroatoms. The second kappa shape index (κ2) is 8.00. The number of hydrogen-bond donors (Lipinski definition) is 2. The molecule has 0 radical (unpaired) electrons. The van der Waals surface area contributed by atoms with Crippen molar-refractivity contribution in [3.63, 3.8) is 0 Å². The van der Waals surface area contributed by atoms with E-state index in [9.17, 15) is 4.79 Å². The normalized spacial score (nSPS) is 11.1. The standard InChI is InChI=1S/C11H15NO.CH5N/c1-2-3-10(8-13)9-4-6-11(12)7-5-9;1-2/h4-8,10H,2-3,12H2,1H3;2H2,1H3. The zero-order valence-corrected chi connectivity index (χ0v) is 9.44. The van der Waals surface area contributed by atoms with Crippen molar-refractivity contribution >= 4 is 12.0 Å². The van der Waals surface area contributed by atoms with Gasteiger partial charge in [0.1, 0.15) is 6.29 Å². The van der Waals surface area contributed by atoms with E-state index in [1.165, 1.54) is 7.05 Å². The third kappa shape index (κ3) is 4.61. The van der Waals surface area contributed by atoms with E-state index in [0.29, 0.717) is 0 Å². The highest BCUT2D eigenvalue weighted by Crippen LogP contribution is 2.19. The maximum atomic E-state index is 10.7. The summed E-state index contributed by atoms with van der Waals surface area (Å²) in [6.07, 6.45) is 2.94. The Balaban J connectivity index is 0.000000921.